The summed E-state index contributed by atoms with van der Waals surface area (Å²) in [5, 5.41) is 10.4. The summed E-state index contributed by atoms with van der Waals surface area (Å²) in [6, 6.07) is 5.64. The van der Waals surface area contributed by atoms with Gasteiger partial charge in [0.2, 0.25) is 5.91 Å². The lowest BCUT2D eigenvalue weighted by Crippen LogP contribution is -2.14. The zero-order chi connectivity index (χ0) is 17.7. The Labute approximate surface area is 142 Å². The normalized spacial score (nSPS) is 17.6. The number of halogens is 1. The molecule has 0 saturated heterocycles. The first-order valence-electron chi connectivity index (χ1n) is 7.34. The summed E-state index contributed by atoms with van der Waals surface area (Å²) >= 11 is 0.995. The minimum atomic E-state index is -0.743. The molecule has 24 heavy (non-hydrogen) atoms. The number of thioether (sulfide) groups is 1. The van der Waals surface area contributed by atoms with E-state index in [9.17, 15) is 19.1 Å². The van der Waals surface area contributed by atoms with Crippen LogP contribution in [-0.4, -0.2) is 28.6 Å². The Morgan fingerprint density at radius 1 is 1.29 bits per heavy atom. The Balaban J connectivity index is 2.44. The number of benzene rings is 1. The maximum Gasteiger partial charge on any atom is 0.344 e. The van der Waals surface area contributed by atoms with Crippen molar-refractivity contribution in [3.63, 3.8) is 0 Å². The summed E-state index contributed by atoms with van der Waals surface area (Å²) in [4.78, 5) is 27.8. The number of hydrogen-bond donors (Lipinski definition) is 1. The maximum atomic E-state index is 13.0. The van der Waals surface area contributed by atoms with Crippen molar-refractivity contribution >= 4 is 34.8 Å². The average Bonchev–Trinajstić information content (AvgIpc) is 2.85. The topological polar surface area (TPSA) is 76.0 Å². The molecule has 1 N–H and O–H groups in total. The van der Waals surface area contributed by atoms with Crippen molar-refractivity contribution in [2.75, 3.05) is 6.61 Å². The number of aliphatic hydroxyl groups is 1. The van der Waals surface area contributed by atoms with E-state index in [0.717, 1.165) is 11.8 Å². The number of esters is 1. The molecule has 0 spiro atoms. The molecule has 0 radical (unpaired) electrons. The summed E-state index contributed by atoms with van der Waals surface area (Å²) in [5.41, 5.74) is 0.508. The van der Waals surface area contributed by atoms with Crippen LogP contribution in [0.2, 0.25) is 0 Å². The van der Waals surface area contributed by atoms with Crippen LogP contribution in [0.15, 0.2) is 45.5 Å². The summed E-state index contributed by atoms with van der Waals surface area (Å²) in [6.45, 7) is 3.42. The van der Waals surface area contributed by atoms with Crippen LogP contribution in [0.25, 0.3) is 6.08 Å². The van der Waals surface area contributed by atoms with Crippen LogP contribution in [0.3, 0.4) is 0 Å². The summed E-state index contributed by atoms with van der Waals surface area (Å²) in [7, 11) is 0. The lowest BCUT2D eigenvalue weighted by molar-refractivity contribution is -0.138. The van der Waals surface area contributed by atoms with E-state index in [-0.39, 0.29) is 35.2 Å². The predicted molar refractivity (Wildman–Crippen MR) is 91.0 cm³/mol. The predicted octanol–water partition coefficient (Wildman–Crippen LogP) is 3.62. The number of ether oxygens (including phenoxy) is 1. The third kappa shape index (κ3) is 4.11. The van der Waals surface area contributed by atoms with Crippen molar-refractivity contribution in [2.24, 2.45) is 4.99 Å². The zero-order valence-corrected chi connectivity index (χ0v) is 14.0. The molecule has 2 rings (SSSR count). The van der Waals surface area contributed by atoms with E-state index in [1.807, 2.05) is 0 Å². The van der Waals surface area contributed by atoms with Crippen molar-refractivity contribution in [1.82, 2.24) is 0 Å². The second-order valence-corrected chi connectivity index (χ2v) is 5.80. The summed E-state index contributed by atoms with van der Waals surface area (Å²) in [5.74, 6) is -1.83. The van der Waals surface area contributed by atoms with Gasteiger partial charge in [-0.3, -0.25) is 4.79 Å². The van der Waals surface area contributed by atoms with E-state index in [0.29, 0.717) is 10.5 Å². The van der Waals surface area contributed by atoms with Gasteiger partial charge in [-0.2, -0.15) is 0 Å². The van der Waals surface area contributed by atoms with Gasteiger partial charge in [0.05, 0.1) is 11.5 Å². The number of carbonyl (C=O) groups is 2. The molecule has 1 heterocycles. The van der Waals surface area contributed by atoms with Gasteiger partial charge < -0.3 is 9.84 Å². The standard InChI is InChI=1S/C17H16FNO4S/c1-3-13(20)19-16-14(17(22)23-4-2)15(21)12(24-16)9-10-5-7-11(18)8-6-10/h5-9,21H,3-4H2,1-2H3/b12-9-,19-16?. The Kier molecular flexibility index (Phi) is 5.92. The SMILES string of the molecule is CCOC(=O)C1=C(O)/C(=C/c2ccc(F)cc2)SC1=NC(=O)CC. The fourth-order valence-corrected chi connectivity index (χ4v) is 2.93. The van der Waals surface area contributed by atoms with Crippen molar-refractivity contribution < 1.29 is 23.8 Å². The fraction of sp³-hybridized carbons (Fsp3) is 0.235. The van der Waals surface area contributed by atoms with Gasteiger partial charge in [-0.1, -0.05) is 30.8 Å². The van der Waals surface area contributed by atoms with E-state index in [1.165, 1.54) is 24.3 Å². The highest BCUT2D eigenvalue weighted by Crippen LogP contribution is 2.39. The van der Waals surface area contributed by atoms with E-state index < -0.39 is 11.9 Å². The number of nitrogens with zero attached hydrogens (tertiary/aromatic N) is 1. The molecule has 1 aliphatic rings. The minimum Gasteiger partial charge on any atom is -0.506 e. The quantitative estimate of drug-likeness (QED) is 0.840. The van der Waals surface area contributed by atoms with Gasteiger partial charge in [-0.05, 0) is 30.7 Å². The van der Waals surface area contributed by atoms with E-state index in [1.54, 1.807) is 19.9 Å². The third-order valence-electron chi connectivity index (χ3n) is 3.07. The lowest BCUT2D eigenvalue weighted by Gasteiger charge is -2.02. The van der Waals surface area contributed by atoms with Gasteiger partial charge in [0.25, 0.3) is 0 Å². The van der Waals surface area contributed by atoms with Crippen LogP contribution < -0.4 is 0 Å². The molecule has 0 unspecified atom stereocenters. The molecule has 1 aliphatic heterocycles. The lowest BCUT2D eigenvalue weighted by atomic mass is 10.1. The molecular weight excluding hydrogens is 333 g/mol. The van der Waals surface area contributed by atoms with E-state index in [2.05, 4.69) is 4.99 Å². The molecular formula is C17H16FNO4S. The second kappa shape index (κ2) is 7.92. The van der Waals surface area contributed by atoms with Gasteiger partial charge in [0.1, 0.15) is 22.2 Å². The molecule has 0 saturated carbocycles. The highest BCUT2D eigenvalue weighted by Gasteiger charge is 2.33. The van der Waals surface area contributed by atoms with Gasteiger partial charge in [-0.15, -0.1) is 0 Å². The van der Waals surface area contributed by atoms with Gasteiger partial charge in [-0.25, -0.2) is 14.2 Å². The summed E-state index contributed by atoms with van der Waals surface area (Å²) < 4.78 is 17.9. The first-order chi connectivity index (χ1) is 11.5. The maximum absolute atomic E-state index is 13.0. The molecule has 126 valence electrons. The summed E-state index contributed by atoms with van der Waals surface area (Å²) in [6.07, 6.45) is 1.76. The second-order valence-electron chi connectivity index (χ2n) is 4.77. The molecule has 0 bridgehead atoms. The largest absolute Gasteiger partial charge is 0.506 e. The highest BCUT2D eigenvalue weighted by molar-refractivity contribution is 8.18. The number of amides is 1. The fourth-order valence-electron chi connectivity index (χ4n) is 1.89. The number of rotatable bonds is 4. The van der Waals surface area contributed by atoms with Crippen molar-refractivity contribution in [1.29, 1.82) is 0 Å². The average molecular weight is 349 g/mol. The highest BCUT2D eigenvalue weighted by atomic mass is 32.2. The monoisotopic (exact) mass is 349 g/mol. The molecule has 7 heteroatoms. The number of carbonyl (C=O) groups excluding carboxylic acids is 2. The van der Waals surface area contributed by atoms with Crippen LogP contribution in [-0.2, 0) is 14.3 Å². The van der Waals surface area contributed by atoms with E-state index in [4.69, 9.17) is 4.74 Å². The van der Waals surface area contributed by atoms with Crippen LogP contribution in [0.1, 0.15) is 25.8 Å². The zero-order valence-electron chi connectivity index (χ0n) is 13.2. The molecule has 5 nitrogen and oxygen atoms in total. The number of aliphatic hydroxyl groups excluding tert-OH is 1. The Bertz CT molecular complexity index is 750. The molecule has 1 amide bonds. The smallest absolute Gasteiger partial charge is 0.344 e. The Morgan fingerprint density at radius 2 is 1.96 bits per heavy atom. The van der Waals surface area contributed by atoms with Crippen LogP contribution in [0.4, 0.5) is 4.39 Å². The van der Waals surface area contributed by atoms with Crippen LogP contribution in [0.5, 0.6) is 0 Å². The first kappa shape index (κ1) is 17.9. The van der Waals surface area contributed by atoms with Crippen LogP contribution >= 0.6 is 11.8 Å². The van der Waals surface area contributed by atoms with Crippen molar-refractivity contribution in [2.45, 2.75) is 20.3 Å². The molecule has 0 aromatic heterocycles. The number of aliphatic imine (C=N–C) groups is 1. The first-order valence-corrected chi connectivity index (χ1v) is 8.15. The van der Waals surface area contributed by atoms with Crippen molar-refractivity contribution in [3.8, 4) is 0 Å². The Hall–Kier alpha value is -2.41. The number of hydrogen-bond acceptors (Lipinski definition) is 5. The minimum absolute atomic E-state index is 0.103. The van der Waals surface area contributed by atoms with Gasteiger partial charge in [0.15, 0.2) is 0 Å². The van der Waals surface area contributed by atoms with E-state index >= 15 is 0 Å². The van der Waals surface area contributed by atoms with Gasteiger partial charge in [0, 0.05) is 6.42 Å². The van der Waals surface area contributed by atoms with Crippen LogP contribution in [0, 0.1) is 5.82 Å². The van der Waals surface area contributed by atoms with Crippen molar-refractivity contribution in [3.05, 3.63) is 51.9 Å². The van der Waals surface area contributed by atoms with Gasteiger partial charge >= 0.3 is 5.97 Å². The third-order valence-corrected chi connectivity index (χ3v) is 4.09. The molecule has 0 aliphatic carbocycles. The molecule has 1 aromatic rings. The molecule has 0 fully saturated rings. The Morgan fingerprint density at radius 3 is 2.54 bits per heavy atom. The molecule has 0 atom stereocenters. The molecule has 1 aromatic carbocycles.